The molecule has 4 heterocycles. The molecule has 1 N–H and O–H groups in total. The van der Waals surface area contributed by atoms with E-state index >= 15 is 0 Å². The van der Waals surface area contributed by atoms with Gasteiger partial charge in [0.2, 0.25) is 10.0 Å². The lowest BCUT2D eigenvalue weighted by Crippen LogP contribution is -2.48. The average Bonchev–Trinajstić information content (AvgIpc) is 3.23. The van der Waals surface area contributed by atoms with Crippen LogP contribution in [-0.2, 0) is 10.0 Å². The smallest absolute Gasteiger partial charge is 0.278 e. The van der Waals surface area contributed by atoms with Crippen LogP contribution in [0.15, 0.2) is 59.9 Å². The Morgan fingerprint density at radius 3 is 2.42 bits per heavy atom. The molecule has 1 saturated heterocycles. The minimum Gasteiger partial charge on any atom is -0.367 e. The van der Waals surface area contributed by atoms with Crippen molar-refractivity contribution in [3.8, 4) is 0 Å². The van der Waals surface area contributed by atoms with Crippen molar-refractivity contribution in [2.75, 3.05) is 31.1 Å². The molecule has 5 rings (SSSR count). The summed E-state index contributed by atoms with van der Waals surface area (Å²) in [6.45, 7) is 1.48. The van der Waals surface area contributed by atoms with Crippen molar-refractivity contribution in [2.45, 2.75) is 4.90 Å². The van der Waals surface area contributed by atoms with E-state index in [0.717, 1.165) is 5.69 Å². The maximum Gasteiger partial charge on any atom is 0.278 e. The van der Waals surface area contributed by atoms with Crippen LogP contribution >= 0.6 is 0 Å². The SMILES string of the molecule is O=[N+]([O-])c1ccc(N2CCN(S(=O)(=O)c3c[nH]c4ncccc34)CC2)c2ncccc12. The van der Waals surface area contributed by atoms with Crippen molar-refractivity contribution < 1.29 is 13.3 Å². The van der Waals surface area contributed by atoms with Crippen LogP contribution < -0.4 is 4.90 Å². The third kappa shape index (κ3) is 3.18. The van der Waals surface area contributed by atoms with Crippen molar-refractivity contribution in [3.05, 3.63) is 65.1 Å². The van der Waals surface area contributed by atoms with Gasteiger partial charge in [-0.25, -0.2) is 13.4 Å². The summed E-state index contributed by atoms with van der Waals surface area (Å²) in [6, 6.07) is 9.94. The number of anilines is 1. The number of piperazine rings is 1. The van der Waals surface area contributed by atoms with E-state index < -0.39 is 14.9 Å². The molecule has 0 atom stereocenters. The number of nitrogens with one attached hydrogen (secondary N) is 1. The normalized spacial score (nSPS) is 15.5. The first kappa shape index (κ1) is 19.4. The van der Waals surface area contributed by atoms with E-state index in [1.54, 1.807) is 42.7 Å². The van der Waals surface area contributed by atoms with Crippen LogP contribution in [0, 0.1) is 10.1 Å². The summed E-state index contributed by atoms with van der Waals surface area (Å²) >= 11 is 0. The predicted octanol–water partition coefficient (Wildman–Crippen LogP) is 2.53. The fourth-order valence-corrected chi connectivity index (χ4v) is 5.58. The molecule has 0 saturated carbocycles. The number of rotatable bonds is 4. The Balaban J connectivity index is 1.42. The summed E-state index contributed by atoms with van der Waals surface area (Å²) in [6.07, 6.45) is 4.69. The zero-order valence-corrected chi connectivity index (χ0v) is 17.1. The van der Waals surface area contributed by atoms with Crippen molar-refractivity contribution >= 4 is 43.3 Å². The summed E-state index contributed by atoms with van der Waals surface area (Å²) < 4.78 is 27.9. The topological polar surface area (TPSA) is 125 Å². The lowest BCUT2D eigenvalue weighted by Gasteiger charge is -2.35. The van der Waals surface area contributed by atoms with Gasteiger partial charge in [-0.1, -0.05) is 0 Å². The average molecular weight is 438 g/mol. The minimum absolute atomic E-state index is 0.000934. The molecule has 4 aromatic rings. The number of pyridine rings is 2. The van der Waals surface area contributed by atoms with Crippen molar-refractivity contribution in [1.29, 1.82) is 0 Å². The Morgan fingerprint density at radius 2 is 1.68 bits per heavy atom. The van der Waals surface area contributed by atoms with Crippen LogP contribution in [-0.4, -0.2) is 58.8 Å². The van der Waals surface area contributed by atoms with E-state index in [-0.39, 0.29) is 10.6 Å². The van der Waals surface area contributed by atoms with Crippen LogP contribution in [0.2, 0.25) is 0 Å². The van der Waals surface area contributed by atoms with Gasteiger partial charge in [0.15, 0.2) is 0 Å². The molecule has 0 amide bonds. The summed E-state index contributed by atoms with van der Waals surface area (Å²) in [4.78, 5) is 24.6. The molecule has 1 aromatic carbocycles. The molecule has 0 spiro atoms. The highest BCUT2D eigenvalue weighted by Gasteiger charge is 2.31. The second-order valence-electron chi connectivity index (χ2n) is 7.20. The molecule has 1 aliphatic rings. The molecule has 10 nitrogen and oxygen atoms in total. The fraction of sp³-hybridized carbons (Fsp3) is 0.200. The van der Waals surface area contributed by atoms with Crippen molar-refractivity contribution in [3.63, 3.8) is 0 Å². The molecule has 31 heavy (non-hydrogen) atoms. The lowest BCUT2D eigenvalue weighted by molar-refractivity contribution is -0.383. The number of hydrogen-bond donors (Lipinski definition) is 1. The van der Waals surface area contributed by atoms with E-state index in [4.69, 9.17) is 0 Å². The second kappa shape index (κ2) is 7.29. The largest absolute Gasteiger partial charge is 0.367 e. The number of nitro benzene ring substituents is 1. The number of aromatic nitrogens is 3. The summed E-state index contributed by atoms with van der Waals surface area (Å²) in [5, 5.41) is 12.4. The van der Waals surface area contributed by atoms with E-state index in [0.29, 0.717) is 48.1 Å². The summed E-state index contributed by atoms with van der Waals surface area (Å²) in [5.41, 5.74) is 1.83. The molecule has 158 valence electrons. The molecular formula is C20H18N6O4S. The number of nitrogens with zero attached hydrogens (tertiary/aromatic N) is 5. The molecule has 0 bridgehead atoms. The van der Waals surface area contributed by atoms with Gasteiger partial charge in [0.05, 0.1) is 16.0 Å². The molecule has 0 radical (unpaired) electrons. The molecule has 11 heteroatoms. The molecule has 1 fully saturated rings. The number of non-ortho nitro benzene ring substituents is 1. The standard InChI is InChI=1S/C20H18N6O4S/c27-26(28)16-5-6-17(19-14(16)3-1-7-21-19)24-9-11-25(12-10-24)31(29,30)18-13-23-20-15(18)4-2-8-22-20/h1-8,13H,9-12H2,(H,22,23). The van der Waals surface area contributed by atoms with Crippen LogP contribution in [0.5, 0.6) is 0 Å². The van der Waals surface area contributed by atoms with Gasteiger partial charge < -0.3 is 9.88 Å². The highest BCUT2D eigenvalue weighted by atomic mass is 32.2. The van der Waals surface area contributed by atoms with Gasteiger partial charge in [0.25, 0.3) is 5.69 Å². The molecule has 3 aromatic heterocycles. The Kier molecular flexibility index (Phi) is 4.56. The van der Waals surface area contributed by atoms with Gasteiger partial charge in [0.1, 0.15) is 16.1 Å². The van der Waals surface area contributed by atoms with E-state index in [1.807, 2.05) is 4.90 Å². The predicted molar refractivity (Wildman–Crippen MR) is 115 cm³/mol. The summed E-state index contributed by atoms with van der Waals surface area (Å²) in [5.74, 6) is 0. The Morgan fingerprint density at radius 1 is 0.968 bits per heavy atom. The van der Waals surface area contributed by atoms with Crippen molar-refractivity contribution in [2.24, 2.45) is 0 Å². The van der Waals surface area contributed by atoms with Crippen LogP contribution in [0.1, 0.15) is 0 Å². The minimum atomic E-state index is -3.68. The highest BCUT2D eigenvalue weighted by Crippen LogP contribution is 2.33. The number of hydrogen-bond acceptors (Lipinski definition) is 7. The number of sulfonamides is 1. The first-order valence-electron chi connectivity index (χ1n) is 9.66. The maximum absolute atomic E-state index is 13.2. The first-order valence-corrected chi connectivity index (χ1v) is 11.1. The number of H-pyrrole nitrogens is 1. The van der Waals surface area contributed by atoms with Crippen molar-refractivity contribution in [1.82, 2.24) is 19.3 Å². The van der Waals surface area contributed by atoms with E-state index in [2.05, 4.69) is 15.0 Å². The zero-order chi connectivity index (χ0) is 21.6. The highest BCUT2D eigenvalue weighted by molar-refractivity contribution is 7.89. The first-order chi connectivity index (χ1) is 15.0. The number of nitro groups is 1. The number of fused-ring (bicyclic) bond motifs is 2. The monoisotopic (exact) mass is 438 g/mol. The van der Waals surface area contributed by atoms with Crippen LogP contribution in [0.4, 0.5) is 11.4 Å². The third-order valence-electron chi connectivity index (χ3n) is 5.53. The second-order valence-corrected chi connectivity index (χ2v) is 9.11. The van der Waals surface area contributed by atoms with Gasteiger partial charge in [-0.2, -0.15) is 4.31 Å². The Hall–Kier alpha value is -3.57. The summed E-state index contributed by atoms with van der Waals surface area (Å²) in [7, 11) is -3.68. The molecule has 0 aliphatic carbocycles. The van der Waals surface area contributed by atoms with Gasteiger partial charge in [-0.05, 0) is 30.3 Å². The zero-order valence-electron chi connectivity index (χ0n) is 16.3. The van der Waals surface area contributed by atoms with Gasteiger partial charge >= 0.3 is 0 Å². The Bertz CT molecular complexity index is 1410. The van der Waals surface area contributed by atoms with Gasteiger partial charge in [-0.3, -0.25) is 15.1 Å². The quantitative estimate of drug-likeness (QED) is 0.383. The van der Waals surface area contributed by atoms with Gasteiger partial charge in [0, 0.05) is 56.2 Å². The molecule has 1 aliphatic heterocycles. The van der Waals surface area contributed by atoms with Crippen LogP contribution in [0.3, 0.4) is 0 Å². The van der Waals surface area contributed by atoms with E-state index in [1.165, 1.54) is 16.6 Å². The molecular weight excluding hydrogens is 420 g/mol. The maximum atomic E-state index is 13.2. The van der Waals surface area contributed by atoms with Crippen LogP contribution in [0.25, 0.3) is 21.9 Å². The number of aromatic amines is 1. The fourth-order valence-electron chi connectivity index (χ4n) is 4.01. The molecule has 0 unspecified atom stereocenters. The number of benzene rings is 1. The van der Waals surface area contributed by atoms with Gasteiger partial charge in [-0.15, -0.1) is 0 Å². The third-order valence-corrected chi connectivity index (χ3v) is 7.47. The van der Waals surface area contributed by atoms with E-state index in [9.17, 15) is 18.5 Å². The Labute approximate surface area is 177 Å². The lowest BCUT2D eigenvalue weighted by atomic mass is 10.1.